The Balaban J connectivity index is 1.84. The van der Waals surface area contributed by atoms with Crippen molar-refractivity contribution < 1.29 is 14.2 Å². The van der Waals surface area contributed by atoms with Gasteiger partial charge in [-0.25, -0.2) is 0 Å². The highest BCUT2D eigenvalue weighted by Gasteiger charge is 2.17. The molecule has 3 aromatic carbocycles. The molecule has 0 aromatic heterocycles. The second kappa shape index (κ2) is 4.84. The minimum atomic E-state index is 0.246. The van der Waals surface area contributed by atoms with Crippen molar-refractivity contribution in [3.05, 3.63) is 48.5 Å². The molecule has 0 radical (unpaired) electrons. The van der Waals surface area contributed by atoms with Crippen LogP contribution in [0, 0.1) is 0 Å². The van der Waals surface area contributed by atoms with Crippen molar-refractivity contribution in [2.24, 2.45) is 0 Å². The molecule has 1 aliphatic heterocycles. The Morgan fingerprint density at radius 1 is 0.909 bits per heavy atom. The van der Waals surface area contributed by atoms with Gasteiger partial charge in [0.25, 0.3) is 0 Å². The van der Waals surface area contributed by atoms with Gasteiger partial charge in [-0.15, -0.1) is 0 Å². The Kier molecular flexibility index (Phi) is 2.82. The van der Waals surface area contributed by atoms with E-state index in [0.717, 1.165) is 33.4 Å². The van der Waals surface area contributed by atoms with E-state index in [2.05, 4.69) is 18.2 Å². The molecular formula is C18H15NO3. The van der Waals surface area contributed by atoms with Gasteiger partial charge in [-0.1, -0.05) is 18.2 Å². The molecule has 2 N–H and O–H groups in total. The van der Waals surface area contributed by atoms with Crippen molar-refractivity contribution in [1.29, 1.82) is 0 Å². The maximum absolute atomic E-state index is 6.16. The van der Waals surface area contributed by atoms with Crippen LogP contribution in [0.4, 0.5) is 5.69 Å². The van der Waals surface area contributed by atoms with E-state index in [9.17, 15) is 0 Å². The molecule has 1 aliphatic rings. The quantitative estimate of drug-likeness (QED) is 0.730. The molecule has 0 bridgehead atoms. The number of benzene rings is 3. The van der Waals surface area contributed by atoms with Gasteiger partial charge in [0, 0.05) is 17.3 Å². The van der Waals surface area contributed by atoms with Crippen molar-refractivity contribution in [1.82, 2.24) is 0 Å². The van der Waals surface area contributed by atoms with Crippen LogP contribution in [0.3, 0.4) is 0 Å². The first-order valence-electron chi connectivity index (χ1n) is 7.02. The van der Waals surface area contributed by atoms with Crippen molar-refractivity contribution in [2.45, 2.75) is 0 Å². The zero-order chi connectivity index (χ0) is 15.1. The molecule has 0 atom stereocenters. The number of fused-ring (bicyclic) bond motifs is 2. The second-order valence-corrected chi connectivity index (χ2v) is 5.22. The molecular weight excluding hydrogens is 278 g/mol. The van der Waals surface area contributed by atoms with Crippen LogP contribution in [0.15, 0.2) is 48.5 Å². The third kappa shape index (κ3) is 2.00. The molecule has 3 aromatic rings. The van der Waals surface area contributed by atoms with Crippen LogP contribution in [0.25, 0.3) is 21.9 Å². The molecule has 0 amide bonds. The fourth-order valence-corrected chi connectivity index (χ4v) is 2.73. The first-order valence-corrected chi connectivity index (χ1v) is 7.02. The minimum Gasteiger partial charge on any atom is -0.497 e. The molecule has 0 spiro atoms. The van der Waals surface area contributed by atoms with Gasteiger partial charge >= 0.3 is 0 Å². The molecule has 1 heterocycles. The highest BCUT2D eigenvalue weighted by atomic mass is 16.7. The number of hydrogen-bond donors (Lipinski definition) is 1. The summed E-state index contributed by atoms with van der Waals surface area (Å²) in [5.74, 6) is 2.29. The molecule has 4 heteroatoms. The van der Waals surface area contributed by atoms with E-state index in [4.69, 9.17) is 19.9 Å². The van der Waals surface area contributed by atoms with E-state index in [0.29, 0.717) is 11.4 Å². The van der Waals surface area contributed by atoms with Crippen LogP contribution in [0.5, 0.6) is 17.2 Å². The van der Waals surface area contributed by atoms with Gasteiger partial charge in [0.1, 0.15) is 5.75 Å². The topological polar surface area (TPSA) is 53.7 Å². The predicted molar refractivity (Wildman–Crippen MR) is 86.5 cm³/mol. The first-order chi connectivity index (χ1) is 10.7. The normalized spacial score (nSPS) is 12.6. The molecule has 110 valence electrons. The van der Waals surface area contributed by atoms with E-state index >= 15 is 0 Å². The standard InChI is InChI=1S/C18H15NO3/c1-20-14-5-4-11-6-13(3-2-12(11)7-14)15-8-17-18(9-16(15)19)22-10-21-17/h2-9H,10,19H2,1H3. The van der Waals surface area contributed by atoms with E-state index in [1.165, 1.54) is 0 Å². The lowest BCUT2D eigenvalue weighted by Gasteiger charge is -2.09. The summed E-state index contributed by atoms with van der Waals surface area (Å²) in [6.45, 7) is 0.246. The highest BCUT2D eigenvalue weighted by molar-refractivity contribution is 5.91. The van der Waals surface area contributed by atoms with E-state index < -0.39 is 0 Å². The Hall–Kier alpha value is -2.88. The number of anilines is 1. The number of nitrogens with two attached hydrogens (primary N) is 1. The van der Waals surface area contributed by atoms with Crippen LogP contribution in [0.1, 0.15) is 0 Å². The Morgan fingerprint density at radius 3 is 2.45 bits per heavy atom. The van der Waals surface area contributed by atoms with E-state index in [-0.39, 0.29) is 6.79 Å². The maximum atomic E-state index is 6.16. The van der Waals surface area contributed by atoms with E-state index in [1.54, 1.807) is 7.11 Å². The van der Waals surface area contributed by atoms with Crippen LogP contribution in [-0.4, -0.2) is 13.9 Å². The SMILES string of the molecule is COc1ccc2cc(-c3cc4c(cc3N)OCO4)ccc2c1. The van der Waals surface area contributed by atoms with Gasteiger partial charge in [-0.2, -0.15) is 0 Å². The summed E-state index contributed by atoms with van der Waals surface area (Å²) in [6.07, 6.45) is 0. The number of ether oxygens (including phenoxy) is 3. The summed E-state index contributed by atoms with van der Waals surface area (Å²) in [5.41, 5.74) is 8.83. The summed E-state index contributed by atoms with van der Waals surface area (Å²) in [6, 6.07) is 16.0. The summed E-state index contributed by atoms with van der Waals surface area (Å²) in [4.78, 5) is 0. The average molecular weight is 293 g/mol. The average Bonchev–Trinajstić information content (AvgIpc) is 3.00. The second-order valence-electron chi connectivity index (χ2n) is 5.22. The monoisotopic (exact) mass is 293 g/mol. The predicted octanol–water partition coefficient (Wildman–Crippen LogP) is 3.83. The van der Waals surface area contributed by atoms with Crippen LogP contribution >= 0.6 is 0 Å². The lowest BCUT2D eigenvalue weighted by molar-refractivity contribution is 0.174. The van der Waals surface area contributed by atoms with Crippen molar-refractivity contribution in [3.8, 4) is 28.4 Å². The zero-order valence-corrected chi connectivity index (χ0v) is 12.1. The largest absolute Gasteiger partial charge is 0.497 e. The molecule has 0 fully saturated rings. The number of rotatable bonds is 2. The van der Waals surface area contributed by atoms with Gasteiger partial charge in [0.2, 0.25) is 6.79 Å². The van der Waals surface area contributed by atoms with Gasteiger partial charge in [-0.05, 0) is 40.6 Å². The fraction of sp³-hybridized carbons (Fsp3) is 0.111. The fourth-order valence-electron chi connectivity index (χ4n) is 2.73. The Morgan fingerprint density at radius 2 is 1.64 bits per heavy atom. The lowest BCUT2D eigenvalue weighted by atomic mass is 9.99. The van der Waals surface area contributed by atoms with Crippen LogP contribution < -0.4 is 19.9 Å². The first kappa shape index (κ1) is 12.8. The highest BCUT2D eigenvalue weighted by Crippen LogP contribution is 2.40. The molecule has 0 saturated heterocycles. The Labute approximate surface area is 128 Å². The maximum Gasteiger partial charge on any atom is 0.231 e. The molecule has 22 heavy (non-hydrogen) atoms. The molecule has 4 nitrogen and oxygen atoms in total. The molecule has 0 aliphatic carbocycles. The summed E-state index contributed by atoms with van der Waals surface area (Å²) in [5, 5.41) is 2.26. The number of methoxy groups -OCH3 is 1. The molecule has 4 rings (SSSR count). The van der Waals surface area contributed by atoms with Crippen molar-refractivity contribution in [2.75, 3.05) is 19.6 Å². The minimum absolute atomic E-state index is 0.246. The number of nitrogen functional groups attached to an aromatic ring is 1. The smallest absolute Gasteiger partial charge is 0.231 e. The summed E-state index contributed by atoms with van der Waals surface area (Å²) >= 11 is 0. The van der Waals surface area contributed by atoms with Gasteiger partial charge in [0.05, 0.1) is 7.11 Å². The van der Waals surface area contributed by atoms with Gasteiger partial charge in [0.15, 0.2) is 11.5 Å². The summed E-state index contributed by atoms with van der Waals surface area (Å²) < 4.78 is 16.0. The van der Waals surface area contributed by atoms with Gasteiger partial charge < -0.3 is 19.9 Å². The van der Waals surface area contributed by atoms with Crippen molar-refractivity contribution in [3.63, 3.8) is 0 Å². The van der Waals surface area contributed by atoms with Crippen LogP contribution in [0.2, 0.25) is 0 Å². The zero-order valence-electron chi connectivity index (χ0n) is 12.1. The lowest BCUT2D eigenvalue weighted by Crippen LogP contribution is -1.92. The molecule has 0 saturated carbocycles. The summed E-state index contributed by atoms with van der Waals surface area (Å²) in [7, 11) is 1.67. The molecule has 0 unspecified atom stereocenters. The van der Waals surface area contributed by atoms with Crippen LogP contribution in [-0.2, 0) is 0 Å². The third-order valence-electron chi connectivity index (χ3n) is 3.90. The van der Waals surface area contributed by atoms with Crippen molar-refractivity contribution >= 4 is 16.5 Å². The van der Waals surface area contributed by atoms with Gasteiger partial charge in [-0.3, -0.25) is 0 Å². The number of hydrogen-bond acceptors (Lipinski definition) is 4. The van der Waals surface area contributed by atoms with E-state index in [1.807, 2.05) is 30.3 Å². The third-order valence-corrected chi connectivity index (χ3v) is 3.90. The Bertz CT molecular complexity index is 874.